The number of nitrogens with one attached hydrogen (secondary N) is 2. The zero-order chi connectivity index (χ0) is 14.8. The molecule has 2 N–H and O–H groups in total. The van der Waals surface area contributed by atoms with Gasteiger partial charge in [-0.15, -0.1) is 11.8 Å². The second kappa shape index (κ2) is 5.77. The fourth-order valence-corrected chi connectivity index (χ4v) is 3.04. The molecule has 0 saturated heterocycles. The lowest BCUT2D eigenvalue weighted by Crippen LogP contribution is -2.18. The maximum atomic E-state index is 13.1. The zero-order valence-corrected chi connectivity index (χ0v) is 12.4. The second-order valence-corrected chi connectivity index (χ2v) is 5.99. The summed E-state index contributed by atoms with van der Waals surface area (Å²) >= 11 is 1.54. The van der Waals surface area contributed by atoms with Gasteiger partial charge in [-0.3, -0.25) is 4.79 Å². The van der Waals surface area contributed by atoms with E-state index in [4.69, 9.17) is 0 Å². The maximum Gasteiger partial charge on any atom is 0.234 e. The van der Waals surface area contributed by atoms with Crippen LogP contribution in [0.3, 0.4) is 0 Å². The molecule has 21 heavy (non-hydrogen) atoms. The van der Waals surface area contributed by atoms with E-state index < -0.39 is 0 Å². The molecule has 0 spiro atoms. The van der Waals surface area contributed by atoms with Gasteiger partial charge in [0, 0.05) is 17.1 Å². The Bertz CT molecular complexity index is 703. The molecule has 0 atom stereocenters. The van der Waals surface area contributed by atoms with Crippen LogP contribution in [0, 0.1) is 12.7 Å². The van der Waals surface area contributed by atoms with E-state index in [1.807, 2.05) is 25.1 Å². The van der Waals surface area contributed by atoms with Crippen LogP contribution < -0.4 is 10.6 Å². The average Bonchev–Trinajstić information content (AvgIpc) is 2.46. The van der Waals surface area contributed by atoms with Gasteiger partial charge in [0.1, 0.15) is 5.82 Å². The van der Waals surface area contributed by atoms with Crippen LogP contribution in [-0.2, 0) is 11.3 Å². The predicted octanol–water partition coefficient (Wildman–Crippen LogP) is 3.79. The van der Waals surface area contributed by atoms with Crippen molar-refractivity contribution in [1.29, 1.82) is 0 Å². The van der Waals surface area contributed by atoms with Crippen LogP contribution in [0.4, 0.5) is 15.8 Å². The van der Waals surface area contributed by atoms with Crippen molar-refractivity contribution >= 4 is 29.0 Å². The minimum absolute atomic E-state index is 0.0269. The van der Waals surface area contributed by atoms with Crippen molar-refractivity contribution in [2.75, 3.05) is 16.4 Å². The Hall–Kier alpha value is -2.01. The van der Waals surface area contributed by atoms with E-state index in [1.54, 1.807) is 17.8 Å². The summed E-state index contributed by atoms with van der Waals surface area (Å²) in [5.74, 6) is 0.276. The molecule has 0 fully saturated rings. The van der Waals surface area contributed by atoms with Crippen LogP contribution in [-0.4, -0.2) is 11.7 Å². The van der Waals surface area contributed by atoms with E-state index in [9.17, 15) is 9.18 Å². The third-order valence-electron chi connectivity index (χ3n) is 3.40. The van der Waals surface area contributed by atoms with Crippen LogP contribution in [0.2, 0.25) is 0 Å². The van der Waals surface area contributed by atoms with Gasteiger partial charge < -0.3 is 10.6 Å². The fourth-order valence-electron chi connectivity index (χ4n) is 2.25. The third-order valence-corrected chi connectivity index (χ3v) is 4.47. The topological polar surface area (TPSA) is 41.1 Å². The van der Waals surface area contributed by atoms with Crippen molar-refractivity contribution in [2.24, 2.45) is 0 Å². The number of carbonyl (C=O) groups is 1. The first-order chi connectivity index (χ1) is 10.1. The molecule has 0 saturated carbocycles. The summed E-state index contributed by atoms with van der Waals surface area (Å²) in [6.45, 7) is 2.51. The van der Waals surface area contributed by atoms with E-state index in [0.29, 0.717) is 12.3 Å². The Labute approximate surface area is 126 Å². The number of hydrogen-bond acceptors (Lipinski definition) is 3. The number of aryl methyl sites for hydroxylation is 1. The second-order valence-electron chi connectivity index (χ2n) is 4.97. The lowest BCUT2D eigenvalue weighted by molar-refractivity contribution is -0.113. The minimum atomic E-state index is -0.218. The number of fused-ring (bicyclic) bond motifs is 1. The van der Waals surface area contributed by atoms with Crippen molar-refractivity contribution < 1.29 is 9.18 Å². The molecular formula is C16H15FN2OS. The highest BCUT2D eigenvalue weighted by molar-refractivity contribution is 8.00. The lowest BCUT2D eigenvalue weighted by atomic mass is 10.1. The molecule has 1 heterocycles. The van der Waals surface area contributed by atoms with Gasteiger partial charge in [0.2, 0.25) is 5.91 Å². The average molecular weight is 302 g/mol. The van der Waals surface area contributed by atoms with Crippen molar-refractivity contribution in [3.05, 3.63) is 53.3 Å². The van der Waals surface area contributed by atoms with E-state index in [0.717, 1.165) is 27.4 Å². The SMILES string of the molecule is Cc1cc(F)ccc1CNc1ccc2c(c1)NC(=O)CS2. The molecular weight excluding hydrogens is 287 g/mol. The number of anilines is 2. The Morgan fingerprint density at radius 1 is 1.29 bits per heavy atom. The Kier molecular flexibility index (Phi) is 3.84. The third kappa shape index (κ3) is 3.19. The molecule has 2 aromatic rings. The molecule has 0 aliphatic carbocycles. The van der Waals surface area contributed by atoms with Gasteiger partial charge in [-0.25, -0.2) is 4.39 Å². The highest BCUT2D eigenvalue weighted by Gasteiger charge is 2.15. The molecule has 1 amide bonds. The number of amides is 1. The van der Waals surface area contributed by atoms with Crippen LogP contribution >= 0.6 is 11.8 Å². The van der Waals surface area contributed by atoms with Gasteiger partial charge in [0.05, 0.1) is 11.4 Å². The Morgan fingerprint density at radius 3 is 2.95 bits per heavy atom. The molecule has 0 aromatic heterocycles. The molecule has 0 unspecified atom stereocenters. The minimum Gasteiger partial charge on any atom is -0.381 e. The first kappa shape index (κ1) is 13.9. The summed E-state index contributed by atoms with van der Waals surface area (Å²) in [5, 5.41) is 6.17. The van der Waals surface area contributed by atoms with E-state index in [2.05, 4.69) is 10.6 Å². The lowest BCUT2D eigenvalue weighted by Gasteiger charge is -2.17. The normalized spacial score (nSPS) is 13.5. The van der Waals surface area contributed by atoms with E-state index >= 15 is 0 Å². The van der Waals surface area contributed by atoms with Crippen molar-refractivity contribution in [2.45, 2.75) is 18.4 Å². The summed E-state index contributed by atoms with van der Waals surface area (Å²) in [5.41, 5.74) is 3.74. The number of rotatable bonds is 3. The number of benzene rings is 2. The van der Waals surface area contributed by atoms with Crippen LogP contribution in [0.5, 0.6) is 0 Å². The maximum absolute atomic E-state index is 13.1. The summed E-state index contributed by atoms with van der Waals surface area (Å²) in [7, 11) is 0. The Balaban J connectivity index is 1.73. The summed E-state index contributed by atoms with van der Waals surface area (Å²) in [4.78, 5) is 12.5. The van der Waals surface area contributed by atoms with Crippen molar-refractivity contribution in [1.82, 2.24) is 0 Å². The largest absolute Gasteiger partial charge is 0.381 e. The molecule has 3 nitrogen and oxygen atoms in total. The Morgan fingerprint density at radius 2 is 2.14 bits per heavy atom. The van der Waals surface area contributed by atoms with Crippen LogP contribution in [0.25, 0.3) is 0 Å². The van der Waals surface area contributed by atoms with Crippen molar-refractivity contribution in [3.63, 3.8) is 0 Å². The predicted molar refractivity (Wildman–Crippen MR) is 84.3 cm³/mol. The van der Waals surface area contributed by atoms with Crippen LogP contribution in [0.1, 0.15) is 11.1 Å². The molecule has 5 heteroatoms. The molecule has 1 aliphatic heterocycles. The van der Waals surface area contributed by atoms with Gasteiger partial charge in [-0.05, 0) is 48.4 Å². The van der Waals surface area contributed by atoms with Gasteiger partial charge in [0.25, 0.3) is 0 Å². The number of halogens is 1. The molecule has 0 radical (unpaired) electrons. The highest BCUT2D eigenvalue weighted by atomic mass is 32.2. The van der Waals surface area contributed by atoms with E-state index in [-0.39, 0.29) is 11.7 Å². The fraction of sp³-hybridized carbons (Fsp3) is 0.188. The number of thioether (sulfide) groups is 1. The smallest absolute Gasteiger partial charge is 0.234 e. The highest BCUT2D eigenvalue weighted by Crippen LogP contribution is 2.33. The molecule has 2 aromatic carbocycles. The number of hydrogen-bond donors (Lipinski definition) is 2. The van der Waals surface area contributed by atoms with Crippen molar-refractivity contribution in [3.8, 4) is 0 Å². The monoisotopic (exact) mass is 302 g/mol. The first-order valence-corrected chi connectivity index (χ1v) is 7.66. The molecule has 1 aliphatic rings. The van der Waals surface area contributed by atoms with Gasteiger partial charge in [0.15, 0.2) is 0 Å². The van der Waals surface area contributed by atoms with E-state index in [1.165, 1.54) is 12.1 Å². The molecule has 3 rings (SSSR count). The first-order valence-electron chi connectivity index (χ1n) is 6.67. The zero-order valence-electron chi connectivity index (χ0n) is 11.6. The summed E-state index contributed by atoms with van der Waals surface area (Å²) in [6.07, 6.45) is 0. The number of carbonyl (C=O) groups excluding carboxylic acids is 1. The van der Waals surface area contributed by atoms with Crippen LogP contribution in [0.15, 0.2) is 41.3 Å². The summed E-state index contributed by atoms with van der Waals surface area (Å²) < 4.78 is 13.1. The quantitative estimate of drug-likeness (QED) is 0.906. The van der Waals surface area contributed by atoms with Gasteiger partial charge in [-0.1, -0.05) is 6.07 Å². The standard InChI is InChI=1S/C16H15FN2OS/c1-10-6-12(17)3-2-11(10)8-18-13-4-5-15-14(7-13)19-16(20)9-21-15/h2-7,18H,8-9H2,1H3,(H,19,20). The summed E-state index contributed by atoms with van der Waals surface area (Å²) in [6, 6.07) is 10.7. The van der Waals surface area contributed by atoms with Gasteiger partial charge >= 0.3 is 0 Å². The molecule has 108 valence electrons. The van der Waals surface area contributed by atoms with Gasteiger partial charge in [-0.2, -0.15) is 0 Å². The molecule has 0 bridgehead atoms.